The fraction of sp³-hybridized carbons (Fsp3) is 0.933. The van der Waals surface area contributed by atoms with Gasteiger partial charge in [0.2, 0.25) is 5.91 Å². The SMILES string of the molecule is CO[C@H]1CC[C@H](N2CC[C@]3(CCCNC3)C2=O)CC1. The number of nitrogens with one attached hydrogen (secondary N) is 1. The normalized spacial score (nSPS) is 40.1. The summed E-state index contributed by atoms with van der Waals surface area (Å²) in [5.41, 5.74) is -0.0592. The van der Waals surface area contributed by atoms with Crippen LogP contribution in [0.25, 0.3) is 0 Å². The van der Waals surface area contributed by atoms with E-state index in [9.17, 15) is 4.79 Å². The number of amides is 1. The highest BCUT2D eigenvalue weighted by molar-refractivity contribution is 5.85. The largest absolute Gasteiger partial charge is 0.381 e. The first-order valence-corrected chi connectivity index (χ1v) is 7.80. The molecule has 2 saturated heterocycles. The molecule has 2 aliphatic heterocycles. The van der Waals surface area contributed by atoms with E-state index in [4.69, 9.17) is 4.74 Å². The van der Waals surface area contributed by atoms with Crippen LogP contribution in [-0.2, 0) is 9.53 Å². The van der Waals surface area contributed by atoms with E-state index < -0.39 is 0 Å². The zero-order valence-electron chi connectivity index (χ0n) is 12.0. The minimum absolute atomic E-state index is 0.0592. The monoisotopic (exact) mass is 266 g/mol. The van der Waals surface area contributed by atoms with Crippen molar-refractivity contribution >= 4 is 5.91 Å². The van der Waals surface area contributed by atoms with Gasteiger partial charge < -0.3 is 15.0 Å². The summed E-state index contributed by atoms with van der Waals surface area (Å²) in [7, 11) is 1.80. The van der Waals surface area contributed by atoms with E-state index in [-0.39, 0.29) is 5.41 Å². The zero-order valence-corrected chi connectivity index (χ0v) is 12.0. The lowest BCUT2D eigenvalue weighted by Crippen LogP contribution is -2.48. The van der Waals surface area contributed by atoms with Crippen LogP contribution < -0.4 is 5.32 Å². The number of carbonyl (C=O) groups is 1. The number of nitrogens with zero attached hydrogens (tertiary/aromatic N) is 1. The van der Waals surface area contributed by atoms with Crippen molar-refractivity contribution in [1.82, 2.24) is 10.2 Å². The van der Waals surface area contributed by atoms with Crippen molar-refractivity contribution in [3.05, 3.63) is 0 Å². The standard InChI is InChI=1S/C15H26N2O2/c1-19-13-5-3-12(4-6-13)17-10-8-15(14(17)18)7-2-9-16-11-15/h12-13,16H,2-11H2,1H3/t12-,13-,15-/m0/s1. The lowest BCUT2D eigenvalue weighted by Gasteiger charge is -2.37. The molecule has 0 unspecified atom stereocenters. The van der Waals surface area contributed by atoms with Gasteiger partial charge in [-0.3, -0.25) is 4.79 Å². The highest BCUT2D eigenvalue weighted by Crippen LogP contribution is 2.40. The summed E-state index contributed by atoms with van der Waals surface area (Å²) in [4.78, 5) is 15.0. The van der Waals surface area contributed by atoms with Crippen molar-refractivity contribution in [2.45, 2.75) is 57.1 Å². The lowest BCUT2D eigenvalue weighted by atomic mass is 9.79. The first-order chi connectivity index (χ1) is 9.25. The second-order valence-electron chi connectivity index (χ2n) is 6.48. The van der Waals surface area contributed by atoms with Crippen LogP contribution in [0.1, 0.15) is 44.9 Å². The molecule has 1 N–H and O–H groups in total. The Morgan fingerprint density at radius 3 is 2.68 bits per heavy atom. The van der Waals surface area contributed by atoms with Gasteiger partial charge in [0.25, 0.3) is 0 Å². The number of rotatable bonds is 2. The fourth-order valence-corrected chi connectivity index (χ4v) is 4.15. The van der Waals surface area contributed by atoms with Crippen molar-refractivity contribution in [2.24, 2.45) is 5.41 Å². The Hall–Kier alpha value is -0.610. The molecular formula is C15H26N2O2. The van der Waals surface area contributed by atoms with Crippen LogP contribution in [0.5, 0.6) is 0 Å². The van der Waals surface area contributed by atoms with Gasteiger partial charge in [-0.05, 0) is 51.5 Å². The van der Waals surface area contributed by atoms with Gasteiger partial charge in [-0.25, -0.2) is 0 Å². The molecule has 1 amide bonds. The topological polar surface area (TPSA) is 41.6 Å². The molecule has 4 heteroatoms. The molecule has 2 heterocycles. The van der Waals surface area contributed by atoms with E-state index in [0.29, 0.717) is 18.1 Å². The first-order valence-electron chi connectivity index (χ1n) is 7.80. The predicted octanol–water partition coefficient (Wildman–Crippen LogP) is 1.55. The van der Waals surface area contributed by atoms with E-state index >= 15 is 0 Å². The molecule has 0 aromatic heterocycles. The van der Waals surface area contributed by atoms with Crippen molar-refractivity contribution < 1.29 is 9.53 Å². The van der Waals surface area contributed by atoms with Crippen LogP contribution >= 0.6 is 0 Å². The molecule has 1 atom stereocenters. The Balaban J connectivity index is 1.62. The van der Waals surface area contributed by atoms with Crippen LogP contribution in [0, 0.1) is 5.41 Å². The third kappa shape index (κ3) is 2.40. The number of methoxy groups -OCH3 is 1. The van der Waals surface area contributed by atoms with E-state index in [2.05, 4.69) is 10.2 Å². The van der Waals surface area contributed by atoms with Gasteiger partial charge in [0.05, 0.1) is 11.5 Å². The van der Waals surface area contributed by atoms with Gasteiger partial charge in [0.1, 0.15) is 0 Å². The average Bonchev–Trinajstić information content (AvgIpc) is 2.77. The summed E-state index contributed by atoms with van der Waals surface area (Å²) in [5.74, 6) is 0.431. The maximum absolute atomic E-state index is 12.8. The molecule has 0 radical (unpaired) electrons. The molecule has 108 valence electrons. The summed E-state index contributed by atoms with van der Waals surface area (Å²) in [6.45, 7) is 2.95. The molecule has 1 aliphatic carbocycles. The molecule has 0 bridgehead atoms. The maximum Gasteiger partial charge on any atom is 0.230 e. The molecule has 3 rings (SSSR count). The summed E-state index contributed by atoms with van der Waals surface area (Å²) in [5, 5.41) is 3.42. The quantitative estimate of drug-likeness (QED) is 0.824. The molecule has 0 aromatic carbocycles. The van der Waals surface area contributed by atoms with Crippen LogP contribution in [0.2, 0.25) is 0 Å². The minimum Gasteiger partial charge on any atom is -0.381 e. The Morgan fingerprint density at radius 2 is 2.05 bits per heavy atom. The van der Waals surface area contributed by atoms with Gasteiger partial charge in [-0.2, -0.15) is 0 Å². The number of ether oxygens (including phenoxy) is 1. The maximum atomic E-state index is 12.8. The zero-order chi connectivity index (χ0) is 13.3. The summed E-state index contributed by atoms with van der Waals surface area (Å²) in [6.07, 6.45) is 8.16. The molecule has 3 aliphatic rings. The third-order valence-corrected chi connectivity index (χ3v) is 5.44. The van der Waals surface area contributed by atoms with E-state index in [1.165, 1.54) is 0 Å². The van der Waals surface area contributed by atoms with Gasteiger partial charge in [0, 0.05) is 26.2 Å². The fourth-order valence-electron chi connectivity index (χ4n) is 4.15. The Bertz CT molecular complexity index is 331. The number of likely N-dealkylation sites (tertiary alicyclic amines) is 1. The van der Waals surface area contributed by atoms with Crippen molar-refractivity contribution in [3.63, 3.8) is 0 Å². The van der Waals surface area contributed by atoms with E-state index in [0.717, 1.165) is 64.6 Å². The third-order valence-electron chi connectivity index (χ3n) is 5.44. The van der Waals surface area contributed by atoms with Crippen LogP contribution in [-0.4, -0.2) is 49.7 Å². The molecule has 0 aromatic rings. The molecular weight excluding hydrogens is 240 g/mol. The number of carbonyl (C=O) groups excluding carboxylic acids is 1. The molecule has 19 heavy (non-hydrogen) atoms. The second kappa shape index (κ2) is 5.41. The van der Waals surface area contributed by atoms with Gasteiger partial charge in [-0.15, -0.1) is 0 Å². The van der Waals surface area contributed by atoms with Crippen molar-refractivity contribution in [2.75, 3.05) is 26.7 Å². The Morgan fingerprint density at radius 1 is 1.26 bits per heavy atom. The van der Waals surface area contributed by atoms with Crippen LogP contribution in [0.4, 0.5) is 0 Å². The Labute approximate surface area is 115 Å². The van der Waals surface area contributed by atoms with Crippen LogP contribution in [0.15, 0.2) is 0 Å². The van der Waals surface area contributed by atoms with Crippen LogP contribution in [0.3, 0.4) is 0 Å². The second-order valence-corrected chi connectivity index (χ2v) is 6.48. The molecule has 3 fully saturated rings. The number of piperidine rings is 1. The summed E-state index contributed by atoms with van der Waals surface area (Å²) < 4.78 is 5.43. The van der Waals surface area contributed by atoms with Crippen molar-refractivity contribution in [3.8, 4) is 0 Å². The van der Waals surface area contributed by atoms with Gasteiger partial charge in [0.15, 0.2) is 0 Å². The highest BCUT2D eigenvalue weighted by Gasteiger charge is 2.48. The molecule has 4 nitrogen and oxygen atoms in total. The van der Waals surface area contributed by atoms with Gasteiger partial charge in [-0.1, -0.05) is 0 Å². The Kier molecular flexibility index (Phi) is 3.81. The number of hydrogen-bond acceptors (Lipinski definition) is 3. The molecule has 1 spiro atoms. The van der Waals surface area contributed by atoms with E-state index in [1.54, 1.807) is 7.11 Å². The lowest BCUT2D eigenvalue weighted by molar-refractivity contribution is -0.139. The van der Waals surface area contributed by atoms with E-state index in [1.807, 2.05) is 0 Å². The highest BCUT2D eigenvalue weighted by atomic mass is 16.5. The summed E-state index contributed by atoms with van der Waals surface area (Å²) in [6, 6.07) is 0.472. The summed E-state index contributed by atoms with van der Waals surface area (Å²) >= 11 is 0. The first kappa shape index (κ1) is 13.4. The number of hydrogen-bond donors (Lipinski definition) is 1. The van der Waals surface area contributed by atoms with Crippen molar-refractivity contribution in [1.29, 1.82) is 0 Å². The molecule has 1 saturated carbocycles. The minimum atomic E-state index is -0.0592. The van der Waals surface area contributed by atoms with Gasteiger partial charge >= 0.3 is 0 Å². The average molecular weight is 266 g/mol. The predicted molar refractivity (Wildman–Crippen MR) is 73.9 cm³/mol. The smallest absolute Gasteiger partial charge is 0.230 e.